The van der Waals surface area contributed by atoms with Gasteiger partial charge >= 0.3 is 0 Å². The highest BCUT2D eigenvalue weighted by molar-refractivity contribution is 5.85. The molecule has 0 aromatic heterocycles. The van der Waals surface area contributed by atoms with E-state index in [2.05, 4.69) is 30.1 Å². The Labute approximate surface area is 168 Å². The molecule has 0 spiro atoms. The second-order valence-corrected chi connectivity index (χ2v) is 5.99. The number of hydrogen-bond donors (Lipinski definition) is 1. The van der Waals surface area contributed by atoms with Gasteiger partial charge in [0, 0.05) is 12.1 Å². The van der Waals surface area contributed by atoms with Crippen molar-refractivity contribution in [3.63, 3.8) is 0 Å². The molecule has 0 bridgehead atoms. The van der Waals surface area contributed by atoms with E-state index >= 15 is 0 Å². The van der Waals surface area contributed by atoms with E-state index in [1.54, 1.807) is 14.2 Å². The number of allylic oxidation sites excluding steroid dienone is 1. The van der Waals surface area contributed by atoms with E-state index in [1.807, 2.05) is 31.2 Å². The molecule has 0 atom stereocenters. The largest absolute Gasteiger partial charge is 0.497 e. The van der Waals surface area contributed by atoms with Crippen LogP contribution in [0.4, 0.5) is 0 Å². The van der Waals surface area contributed by atoms with Gasteiger partial charge in [-0.1, -0.05) is 24.3 Å². The Hall–Kier alpha value is -2.17. The van der Waals surface area contributed by atoms with Crippen molar-refractivity contribution in [2.75, 3.05) is 27.4 Å². The first-order valence-electron chi connectivity index (χ1n) is 8.98. The maximum atomic E-state index is 5.77. The van der Waals surface area contributed by atoms with Crippen LogP contribution in [-0.2, 0) is 19.4 Å². The fourth-order valence-corrected chi connectivity index (χ4v) is 2.85. The number of benzene rings is 2. The smallest absolute Gasteiger partial charge is 0.164 e. The van der Waals surface area contributed by atoms with Gasteiger partial charge in [0.05, 0.1) is 20.8 Å². The molecule has 4 nitrogen and oxygen atoms in total. The van der Waals surface area contributed by atoms with Crippen molar-refractivity contribution in [1.29, 1.82) is 0 Å². The average Bonchev–Trinajstić information content (AvgIpc) is 2.67. The number of methoxy groups -OCH3 is 2. The Bertz CT molecular complexity index is 701. The van der Waals surface area contributed by atoms with Gasteiger partial charge in [0.25, 0.3) is 0 Å². The summed E-state index contributed by atoms with van der Waals surface area (Å²) in [7, 11) is 3.36. The molecule has 2 aromatic rings. The van der Waals surface area contributed by atoms with Crippen molar-refractivity contribution in [3.05, 3.63) is 65.7 Å². The van der Waals surface area contributed by atoms with Crippen molar-refractivity contribution >= 4 is 12.4 Å². The summed E-state index contributed by atoms with van der Waals surface area (Å²) in [6, 6.07) is 12.4. The SMILES string of the molecule is C=CCc1cc(CNCCc2ccc(OC)cc2)cc(OC)c1OCC.Cl. The summed E-state index contributed by atoms with van der Waals surface area (Å²) >= 11 is 0. The minimum absolute atomic E-state index is 0. The van der Waals surface area contributed by atoms with E-state index < -0.39 is 0 Å². The van der Waals surface area contributed by atoms with Crippen LogP contribution in [0.25, 0.3) is 0 Å². The molecule has 2 rings (SSSR count). The van der Waals surface area contributed by atoms with E-state index in [9.17, 15) is 0 Å². The summed E-state index contributed by atoms with van der Waals surface area (Å²) in [6.45, 7) is 8.11. The summed E-state index contributed by atoms with van der Waals surface area (Å²) in [5.74, 6) is 2.48. The lowest BCUT2D eigenvalue weighted by Crippen LogP contribution is -2.17. The Morgan fingerprint density at radius 2 is 1.78 bits per heavy atom. The van der Waals surface area contributed by atoms with Gasteiger partial charge in [0.1, 0.15) is 5.75 Å². The van der Waals surface area contributed by atoms with Gasteiger partial charge in [-0.3, -0.25) is 0 Å². The molecule has 0 saturated heterocycles. The fraction of sp³-hybridized carbons (Fsp3) is 0.364. The van der Waals surface area contributed by atoms with Crippen molar-refractivity contribution in [3.8, 4) is 17.2 Å². The molecule has 148 valence electrons. The number of hydrogen-bond acceptors (Lipinski definition) is 4. The van der Waals surface area contributed by atoms with Gasteiger partial charge in [-0.2, -0.15) is 0 Å². The van der Waals surface area contributed by atoms with Crippen LogP contribution in [0.15, 0.2) is 49.1 Å². The second-order valence-electron chi connectivity index (χ2n) is 5.99. The Kier molecular flexibility index (Phi) is 10.4. The van der Waals surface area contributed by atoms with Gasteiger partial charge in [-0.05, 0) is 55.6 Å². The number of nitrogens with one attached hydrogen (secondary N) is 1. The van der Waals surface area contributed by atoms with Gasteiger partial charge in [0.15, 0.2) is 11.5 Å². The first kappa shape index (κ1) is 22.9. The fourth-order valence-electron chi connectivity index (χ4n) is 2.85. The van der Waals surface area contributed by atoms with Crippen LogP contribution >= 0.6 is 12.4 Å². The highest BCUT2D eigenvalue weighted by Crippen LogP contribution is 2.33. The minimum atomic E-state index is 0. The number of ether oxygens (including phenoxy) is 3. The van der Waals surface area contributed by atoms with E-state index in [0.29, 0.717) is 6.61 Å². The summed E-state index contributed by atoms with van der Waals surface area (Å²) < 4.78 is 16.5. The third kappa shape index (κ3) is 6.81. The lowest BCUT2D eigenvalue weighted by Gasteiger charge is -2.16. The summed E-state index contributed by atoms with van der Waals surface area (Å²) in [5, 5.41) is 3.50. The zero-order chi connectivity index (χ0) is 18.8. The quantitative estimate of drug-likeness (QED) is 0.449. The van der Waals surface area contributed by atoms with E-state index in [1.165, 1.54) is 11.1 Å². The second kappa shape index (κ2) is 12.3. The van der Waals surface area contributed by atoms with Crippen molar-refractivity contribution in [2.45, 2.75) is 26.3 Å². The zero-order valence-electron chi connectivity index (χ0n) is 16.4. The lowest BCUT2D eigenvalue weighted by atomic mass is 10.1. The van der Waals surface area contributed by atoms with Gasteiger partial charge < -0.3 is 19.5 Å². The van der Waals surface area contributed by atoms with Crippen molar-refractivity contribution < 1.29 is 14.2 Å². The highest BCUT2D eigenvalue weighted by atomic mass is 35.5. The Morgan fingerprint density at radius 3 is 2.37 bits per heavy atom. The first-order chi connectivity index (χ1) is 12.7. The molecule has 5 heteroatoms. The lowest BCUT2D eigenvalue weighted by molar-refractivity contribution is 0.308. The molecule has 0 aliphatic carbocycles. The van der Waals surface area contributed by atoms with E-state index in [4.69, 9.17) is 14.2 Å². The Balaban J connectivity index is 0.00000364. The van der Waals surface area contributed by atoms with Gasteiger partial charge in [0.2, 0.25) is 0 Å². The third-order valence-corrected chi connectivity index (χ3v) is 4.14. The predicted molar refractivity (Wildman–Crippen MR) is 114 cm³/mol. The molecular formula is C22H30ClNO3. The molecule has 0 amide bonds. The number of rotatable bonds is 11. The summed E-state index contributed by atoms with van der Waals surface area (Å²) in [6.07, 6.45) is 3.61. The first-order valence-corrected chi connectivity index (χ1v) is 8.98. The minimum Gasteiger partial charge on any atom is -0.497 e. The topological polar surface area (TPSA) is 39.7 Å². The molecule has 0 aliphatic heterocycles. The molecule has 2 aromatic carbocycles. The van der Waals surface area contributed by atoms with Crippen LogP contribution in [0.3, 0.4) is 0 Å². The predicted octanol–water partition coefficient (Wildman–Crippen LogP) is 4.59. The molecule has 0 saturated carbocycles. The number of halogens is 1. The molecule has 0 aliphatic rings. The van der Waals surface area contributed by atoms with Crippen LogP contribution in [0.2, 0.25) is 0 Å². The average molecular weight is 392 g/mol. The van der Waals surface area contributed by atoms with Crippen LogP contribution in [0, 0.1) is 0 Å². The molecule has 0 unspecified atom stereocenters. The zero-order valence-corrected chi connectivity index (χ0v) is 17.2. The van der Waals surface area contributed by atoms with Gasteiger partial charge in [-0.25, -0.2) is 0 Å². The molecule has 1 N–H and O–H groups in total. The van der Waals surface area contributed by atoms with Crippen molar-refractivity contribution in [2.24, 2.45) is 0 Å². The normalized spacial score (nSPS) is 10.0. The van der Waals surface area contributed by atoms with Crippen LogP contribution in [0.1, 0.15) is 23.6 Å². The van der Waals surface area contributed by atoms with Crippen molar-refractivity contribution in [1.82, 2.24) is 5.32 Å². The monoisotopic (exact) mass is 391 g/mol. The maximum Gasteiger partial charge on any atom is 0.164 e. The van der Waals surface area contributed by atoms with E-state index in [0.717, 1.165) is 48.7 Å². The van der Waals surface area contributed by atoms with Crippen LogP contribution in [0.5, 0.6) is 17.2 Å². The van der Waals surface area contributed by atoms with Crippen LogP contribution in [-0.4, -0.2) is 27.4 Å². The highest BCUT2D eigenvalue weighted by Gasteiger charge is 2.12. The molecule has 0 heterocycles. The molecule has 0 radical (unpaired) electrons. The standard InChI is InChI=1S/C22H29NO3.ClH/c1-5-7-19-14-18(15-21(25-4)22(19)26-6-2)16-23-13-12-17-8-10-20(24-3)11-9-17;/h5,8-11,14-15,23H,1,6-7,12-13,16H2,2-4H3;1H. The molecule has 27 heavy (non-hydrogen) atoms. The van der Waals surface area contributed by atoms with Gasteiger partial charge in [-0.15, -0.1) is 19.0 Å². The van der Waals surface area contributed by atoms with Crippen LogP contribution < -0.4 is 19.5 Å². The maximum absolute atomic E-state index is 5.77. The summed E-state index contributed by atoms with van der Waals surface area (Å²) in [4.78, 5) is 0. The third-order valence-electron chi connectivity index (χ3n) is 4.14. The molecular weight excluding hydrogens is 362 g/mol. The Morgan fingerprint density at radius 1 is 1.04 bits per heavy atom. The molecule has 0 fully saturated rings. The van der Waals surface area contributed by atoms with E-state index in [-0.39, 0.29) is 12.4 Å². The summed E-state index contributed by atoms with van der Waals surface area (Å²) in [5.41, 5.74) is 3.57.